The Morgan fingerprint density at radius 2 is 2.40 bits per heavy atom. The van der Waals surface area contributed by atoms with Gasteiger partial charge in [0.05, 0.1) is 5.75 Å². The Kier molecular flexibility index (Phi) is 2.88. The summed E-state index contributed by atoms with van der Waals surface area (Å²) in [4.78, 5) is 19.9. The van der Waals surface area contributed by atoms with Crippen molar-refractivity contribution in [1.82, 2.24) is 9.97 Å². The van der Waals surface area contributed by atoms with Gasteiger partial charge >= 0.3 is 5.97 Å². The maximum Gasteiger partial charge on any atom is 0.313 e. The van der Waals surface area contributed by atoms with E-state index < -0.39 is 5.97 Å². The summed E-state index contributed by atoms with van der Waals surface area (Å²) in [6.07, 6.45) is 0. The summed E-state index contributed by atoms with van der Waals surface area (Å²) in [5, 5.41) is 12.2. The van der Waals surface area contributed by atoms with E-state index in [0.29, 0.717) is 5.82 Å². The van der Waals surface area contributed by atoms with E-state index in [1.807, 2.05) is 18.4 Å². The van der Waals surface area contributed by atoms with Crippen molar-refractivity contribution in [3.63, 3.8) is 0 Å². The van der Waals surface area contributed by atoms with Gasteiger partial charge in [-0.3, -0.25) is 4.79 Å². The number of hydrogen-bond acceptors (Lipinski definition) is 5. The van der Waals surface area contributed by atoms with Crippen LogP contribution in [0.2, 0.25) is 0 Å². The first kappa shape index (κ1) is 10.4. The summed E-state index contributed by atoms with van der Waals surface area (Å²) in [5.41, 5.74) is 0. The fourth-order valence-electron chi connectivity index (χ4n) is 1.17. The number of hydrogen-bond donors (Lipinski definition) is 1. The molecule has 0 spiro atoms. The van der Waals surface area contributed by atoms with Gasteiger partial charge in [-0.2, -0.15) is 0 Å². The Hall–Kier alpha value is -1.14. The molecule has 0 fully saturated rings. The molecule has 4 nitrogen and oxygen atoms in total. The molecular formula is C9H8N2O2S2. The number of aliphatic carboxylic acids is 1. The number of carboxylic acid groups (broad SMARTS) is 1. The average Bonchev–Trinajstić information content (AvgIpc) is 2.61. The lowest BCUT2D eigenvalue weighted by molar-refractivity contribution is -0.133. The van der Waals surface area contributed by atoms with Crippen LogP contribution in [0, 0.1) is 6.92 Å². The highest BCUT2D eigenvalue weighted by atomic mass is 32.2. The van der Waals surface area contributed by atoms with Gasteiger partial charge in [0.1, 0.15) is 15.7 Å². The summed E-state index contributed by atoms with van der Waals surface area (Å²) in [5.74, 6) is -0.126. The molecule has 15 heavy (non-hydrogen) atoms. The van der Waals surface area contributed by atoms with Crippen LogP contribution >= 0.6 is 23.1 Å². The normalized spacial score (nSPS) is 10.7. The SMILES string of the molecule is Cc1nc(SCC(=O)O)c2ccsc2n1. The minimum atomic E-state index is -0.834. The van der Waals surface area contributed by atoms with Crippen LogP contribution < -0.4 is 0 Å². The Labute approximate surface area is 94.4 Å². The molecule has 2 aromatic rings. The summed E-state index contributed by atoms with van der Waals surface area (Å²) < 4.78 is 0. The maximum atomic E-state index is 10.5. The zero-order chi connectivity index (χ0) is 10.8. The monoisotopic (exact) mass is 240 g/mol. The number of nitrogens with zero attached hydrogens (tertiary/aromatic N) is 2. The highest BCUT2D eigenvalue weighted by Gasteiger charge is 2.08. The standard InChI is InChI=1S/C9H8N2O2S2/c1-5-10-8-6(2-3-14-8)9(11-5)15-4-7(12)13/h2-3H,4H2,1H3,(H,12,13). The Balaban J connectivity index is 2.39. The molecule has 0 saturated heterocycles. The van der Waals surface area contributed by atoms with Crippen LogP contribution in [0.4, 0.5) is 0 Å². The van der Waals surface area contributed by atoms with Crippen molar-refractivity contribution >= 4 is 39.3 Å². The van der Waals surface area contributed by atoms with Crippen molar-refractivity contribution in [3.8, 4) is 0 Å². The molecule has 0 aromatic carbocycles. The van der Waals surface area contributed by atoms with Gasteiger partial charge in [-0.05, 0) is 18.4 Å². The van der Waals surface area contributed by atoms with E-state index in [0.717, 1.165) is 15.2 Å². The lowest BCUT2D eigenvalue weighted by atomic mass is 10.4. The van der Waals surface area contributed by atoms with Crippen molar-refractivity contribution in [2.24, 2.45) is 0 Å². The number of thioether (sulfide) groups is 1. The van der Waals surface area contributed by atoms with Gasteiger partial charge in [0, 0.05) is 5.39 Å². The van der Waals surface area contributed by atoms with Gasteiger partial charge in [-0.1, -0.05) is 11.8 Å². The molecule has 0 radical (unpaired) electrons. The maximum absolute atomic E-state index is 10.5. The van der Waals surface area contributed by atoms with E-state index in [1.54, 1.807) is 0 Å². The van der Waals surface area contributed by atoms with Gasteiger partial charge < -0.3 is 5.11 Å². The number of carbonyl (C=O) groups is 1. The average molecular weight is 240 g/mol. The highest BCUT2D eigenvalue weighted by Crippen LogP contribution is 2.28. The fourth-order valence-corrected chi connectivity index (χ4v) is 2.82. The van der Waals surface area contributed by atoms with Crippen LogP contribution in [0.1, 0.15) is 5.82 Å². The Bertz CT molecular complexity index is 510. The summed E-state index contributed by atoms with van der Waals surface area (Å²) in [6.45, 7) is 1.81. The molecule has 0 aliphatic rings. The van der Waals surface area contributed by atoms with Crippen molar-refractivity contribution < 1.29 is 9.90 Å². The highest BCUT2D eigenvalue weighted by molar-refractivity contribution is 8.00. The van der Waals surface area contributed by atoms with E-state index in [-0.39, 0.29) is 5.75 Å². The predicted octanol–water partition coefficient (Wildman–Crippen LogP) is 2.18. The third kappa shape index (κ3) is 2.27. The molecule has 0 unspecified atom stereocenters. The zero-order valence-corrected chi connectivity index (χ0v) is 9.56. The molecule has 1 N–H and O–H groups in total. The van der Waals surface area contributed by atoms with Gasteiger partial charge in [0.15, 0.2) is 0 Å². The fraction of sp³-hybridized carbons (Fsp3) is 0.222. The lowest BCUT2D eigenvalue weighted by Gasteiger charge is -2.00. The number of carboxylic acids is 1. The molecule has 0 saturated carbocycles. The molecule has 78 valence electrons. The third-order valence-corrected chi connectivity index (χ3v) is 3.52. The molecule has 0 amide bonds. The topological polar surface area (TPSA) is 63.1 Å². The van der Waals surface area contributed by atoms with Crippen LogP contribution in [0.3, 0.4) is 0 Å². The van der Waals surface area contributed by atoms with Crippen molar-refractivity contribution in [2.75, 3.05) is 5.75 Å². The first-order valence-electron chi connectivity index (χ1n) is 4.23. The van der Waals surface area contributed by atoms with Crippen molar-refractivity contribution in [1.29, 1.82) is 0 Å². The molecule has 0 bridgehead atoms. The van der Waals surface area contributed by atoms with Crippen LogP contribution in [0.5, 0.6) is 0 Å². The van der Waals surface area contributed by atoms with E-state index in [1.165, 1.54) is 23.1 Å². The van der Waals surface area contributed by atoms with Gasteiger partial charge in [-0.25, -0.2) is 9.97 Å². The summed E-state index contributed by atoms with van der Waals surface area (Å²) >= 11 is 2.77. The number of thiophene rings is 1. The zero-order valence-electron chi connectivity index (χ0n) is 7.93. The van der Waals surface area contributed by atoms with Gasteiger partial charge in [0.2, 0.25) is 0 Å². The molecule has 2 aromatic heterocycles. The van der Waals surface area contributed by atoms with E-state index in [4.69, 9.17) is 5.11 Å². The molecule has 6 heteroatoms. The second-order valence-corrected chi connectivity index (χ2v) is 4.76. The first-order valence-corrected chi connectivity index (χ1v) is 6.10. The summed E-state index contributed by atoms with van der Waals surface area (Å²) in [6, 6.07) is 1.92. The van der Waals surface area contributed by atoms with Gasteiger partial charge in [-0.15, -0.1) is 11.3 Å². The smallest absolute Gasteiger partial charge is 0.313 e. The molecular weight excluding hydrogens is 232 g/mol. The number of rotatable bonds is 3. The van der Waals surface area contributed by atoms with Crippen LogP contribution in [0.15, 0.2) is 16.5 Å². The third-order valence-electron chi connectivity index (χ3n) is 1.73. The molecule has 2 heterocycles. The van der Waals surface area contributed by atoms with Crippen molar-refractivity contribution in [2.45, 2.75) is 11.9 Å². The number of aryl methyl sites for hydroxylation is 1. The van der Waals surface area contributed by atoms with Crippen LogP contribution in [-0.2, 0) is 4.79 Å². The second kappa shape index (κ2) is 4.16. The molecule has 2 rings (SSSR count). The molecule has 0 aliphatic carbocycles. The Morgan fingerprint density at radius 3 is 3.13 bits per heavy atom. The number of aromatic nitrogens is 2. The lowest BCUT2D eigenvalue weighted by Crippen LogP contribution is -1.99. The first-order chi connectivity index (χ1) is 7.16. The molecule has 0 atom stereocenters. The van der Waals surface area contributed by atoms with E-state index in [9.17, 15) is 4.79 Å². The predicted molar refractivity (Wildman–Crippen MR) is 60.5 cm³/mol. The quantitative estimate of drug-likeness (QED) is 0.658. The summed E-state index contributed by atoms with van der Waals surface area (Å²) in [7, 11) is 0. The molecule has 0 aliphatic heterocycles. The van der Waals surface area contributed by atoms with Crippen LogP contribution in [-0.4, -0.2) is 26.8 Å². The Morgan fingerprint density at radius 1 is 1.60 bits per heavy atom. The second-order valence-electron chi connectivity index (χ2n) is 2.90. The number of fused-ring (bicyclic) bond motifs is 1. The van der Waals surface area contributed by atoms with E-state index in [2.05, 4.69) is 9.97 Å². The van der Waals surface area contributed by atoms with E-state index >= 15 is 0 Å². The minimum Gasteiger partial charge on any atom is -0.481 e. The minimum absolute atomic E-state index is 0.0292. The largest absolute Gasteiger partial charge is 0.481 e. The van der Waals surface area contributed by atoms with Gasteiger partial charge in [0.25, 0.3) is 0 Å². The van der Waals surface area contributed by atoms with Crippen molar-refractivity contribution in [3.05, 3.63) is 17.3 Å². The van der Waals surface area contributed by atoms with Crippen LogP contribution in [0.25, 0.3) is 10.2 Å².